The second-order valence-corrected chi connectivity index (χ2v) is 7.20. The molecule has 0 aliphatic rings. The van der Waals surface area contributed by atoms with Crippen LogP contribution < -0.4 is 10.6 Å². The molecule has 0 fully saturated rings. The number of nitro groups is 1. The van der Waals surface area contributed by atoms with Crippen molar-refractivity contribution in [2.75, 3.05) is 24.2 Å². The molecule has 29 heavy (non-hydrogen) atoms. The van der Waals surface area contributed by atoms with Crippen molar-refractivity contribution in [3.63, 3.8) is 0 Å². The average molecular weight is 419 g/mol. The number of carbonyl (C=O) groups excluding carboxylic acids is 1. The van der Waals surface area contributed by atoms with Crippen LogP contribution in [-0.2, 0) is 6.54 Å². The smallest absolute Gasteiger partial charge is 0.395 e. The normalized spacial score (nSPS) is 11.0. The van der Waals surface area contributed by atoms with E-state index >= 15 is 0 Å². The fourth-order valence-corrected chi connectivity index (χ4v) is 3.15. The highest BCUT2D eigenvalue weighted by Crippen LogP contribution is 2.24. The maximum Gasteiger partial charge on any atom is 0.433 e. The zero-order valence-electron chi connectivity index (χ0n) is 16.0. The van der Waals surface area contributed by atoms with E-state index < -0.39 is 16.7 Å². The standard InChI is InChI=1S/C17H21N7O4S/c1-3-7-18-14-11-10-20-23(15(11)22-17(21-14)29-4-2)9-8-19-16(25)12-5-6-13(28-12)24(26)27/h5-6,10H,3-4,7-9H2,1-2H3,(H,19,25)(H,18,21,22). The van der Waals surface area contributed by atoms with Gasteiger partial charge in [0.05, 0.1) is 24.2 Å². The number of carbonyl (C=O) groups is 1. The van der Waals surface area contributed by atoms with Crippen molar-refractivity contribution >= 4 is 40.4 Å². The van der Waals surface area contributed by atoms with E-state index in [0.29, 0.717) is 17.3 Å². The van der Waals surface area contributed by atoms with Gasteiger partial charge in [-0.3, -0.25) is 14.9 Å². The number of nitrogens with one attached hydrogen (secondary N) is 2. The molecule has 0 saturated carbocycles. The molecular formula is C17H21N7O4S. The van der Waals surface area contributed by atoms with E-state index in [-0.39, 0.29) is 12.3 Å². The molecule has 0 aliphatic carbocycles. The first-order valence-electron chi connectivity index (χ1n) is 9.16. The molecule has 2 N–H and O–H groups in total. The van der Waals surface area contributed by atoms with E-state index in [1.807, 2.05) is 6.92 Å². The number of amides is 1. The molecule has 3 rings (SSSR count). The Kier molecular flexibility index (Phi) is 6.65. The molecule has 0 saturated heterocycles. The van der Waals surface area contributed by atoms with Gasteiger partial charge in [-0.15, -0.1) is 0 Å². The van der Waals surface area contributed by atoms with Gasteiger partial charge >= 0.3 is 5.88 Å². The SMILES string of the molecule is CCCNc1nc(SCC)nc2c1cnn2CCNC(=O)c1ccc([N+](=O)[O-])o1. The van der Waals surface area contributed by atoms with Gasteiger partial charge in [0.2, 0.25) is 0 Å². The number of fused-ring (bicyclic) bond motifs is 1. The number of hydrogen-bond acceptors (Lipinski definition) is 9. The Bertz CT molecular complexity index is 1020. The van der Waals surface area contributed by atoms with Crippen LogP contribution in [0.25, 0.3) is 11.0 Å². The summed E-state index contributed by atoms with van der Waals surface area (Å²) >= 11 is 1.54. The van der Waals surface area contributed by atoms with Crippen LogP contribution in [0.5, 0.6) is 0 Å². The van der Waals surface area contributed by atoms with Gasteiger partial charge in [-0.25, -0.2) is 14.6 Å². The van der Waals surface area contributed by atoms with Crippen molar-refractivity contribution in [1.82, 2.24) is 25.1 Å². The molecule has 0 radical (unpaired) electrons. The summed E-state index contributed by atoms with van der Waals surface area (Å²) in [6, 6.07) is 2.41. The Morgan fingerprint density at radius 3 is 2.83 bits per heavy atom. The third kappa shape index (κ3) is 4.83. The largest absolute Gasteiger partial charge is 0.433 e. The van der Waals surface area contributed by atoms with Crippen molar-refractivity contribution < 1.29 is 14.1 Å². The van der Waals surface area contributed by atoms with Crippen molar-refractivity contribution in [1.29, 1.82) is 0 Å². The van der Waals surface area contributed by atoms with Gasteiger partial charge in [0.1, 0.15) is 10.7 Å². The average Bonchev–Trinajstić information content (AvgIpc) is 3.34. The van der Waals surface area contributed by atoms with Gasteiger partial charge in [0.25, 0.3) is 5.91 Å². The molecule has 0 atom stereocenters. The van der Waals surface area contributed by atoms with Crippen molar-refractivity contribution in [3.8, 4) is 0 Å². The first-order valence-corrected chi connectivity index (χ1v) is 10.1. The zero-order chi connectivity index (χ0) is 20.8. The minimum atomic E-state index is -0.692. The maximum atomic E-state index is 12.1. The molecule has 3 aromatic rings. The van der Waals surface area contributed by atoms with E-state index in [9.17, 15) is 14.9 Å². The highest BCUT2D eigenvalue weighted by Gasteiger charge is 2.17. The Labute approximate surface area is 170 Å². The Hall–Kier alpha value is -3.15. The monoisotopic (exact) mass is 419 g/mol. The van der Waals surface area contributed by atoms with Crippen LogP contribution in [0.15, 0.2) is 27.9 Å². The highest BCUT2D eigenvalue weighted by molar-refractivity contribution is 7.99. The summed E-state index contributed by atoms with van der Waals surface area (Å²) in [6.45, 7) is 5.52. The van der Waals surface area contributed by atoms with Gasteiger partial charge < -0.3 is 15.1 Å². The molecule has 0 unspecified atom stereocenters. The molecule has 1 amide bonds. The molecule has 0 aliphatic heterocycles. The molecule has 154 valence electrons. The van der Waals surface area contributed by atoms with Crippen molar-refractivity contribution in [3.05, 3.63) is 34.2 Å². The first kappa shape index (κ1) is 20.6. The Morgan fingerprint density at radius 1 is 1.31 bits per heavy atom. The summed E-state index contributed by atoms with van der Waals surface area (Å²) in [7, 11) is 0. The second kappa shape index (κ2) is 9.37. The number of hydrogen-bond donors (Lipinski definition) is 2. The van der Waals surface area contributed by atoms with Gasteiger partial charge in [-0.1, -0.05) is 25.6 Å². The number of anilines is 1. The lowest BCUT2D eigenvalue weighted by Crippen LogP contribution is -2.27. The first-order chi connectivity index (χ1) is 14.0. The molecule has 3 heterocycles. The predicted molar refractivity (Wildman–Crippen MR) is 108 cm³/mol. The quantitative estimate of drug-likeness (QED) is 0.219. The van der Waals surface area contributed by atoms with E-state index in [0.717, 1.165) is 36.0 Å². The summed E-state index contributed by atoms with van der Waals surface area (Å²) in [5, 5.41) is 22.4. The van der Waals surface area contributed by atoms with Gasteiger partial charge in [0, 0.05) is 13.1 Å². The van der Waals surface area contributed by atoms with Gasteiger partial charge in [-0.2, -0.15) is 5.10 Å². The van der Waals surface area contributed by atoms with E-state index in [2.05, 4.69) is 32.6 Å². The lowest BCUT2D eigenvalue weighted by Gasteiger charge is -2.09. The number of furan rings is 1. The summed E-state index contributed by atoms with van der Waals surface area (Å²) < 4.78 is 6.59. The van der Waals surface area contributed by atoms with Crippen LogP contribution in [0.4, 0.5) is 11.7 Å². The summed E-state index contributed by atoms with van der Waals surface area (Å²) in [5.74, 6) is 0.468. The third-order valence-electron chi connectivity index (χ3n) is 3.90. The van der Waals surface area contributed by atoms with E-state index in [1.54, 1.807) is 10.9 Å². The van der Waals surface area contributed by atoms with Crippen molar-refractivity contribution in [2.45, 2.75) is 32.0 Å². The minimum Gasteiger partial charge on any atom is -0.395 e. The summed E-state index contributed by atoms with van der Waals surface area (Å²) in [6.07, 6.45) is 2.66. The molecule has 0 bridgehead atoms. The highest BCUT2D eigenvalue weighted by atomic mass is 32.2. The molecule has 12 heteroatoms. The fraction of sp³-hybridized carbons (Fsp3) is 0.412. The van der Waals surface area contributed by atoms with Crippen LogP contribution in [0.2, 0.25) is 0 Å². The molecule has 0 aromatic carbocycles. The van der Waals surface area contributed by atoms with E-state index in [1.165, 1.54) is 17.8 Å². The Balaban J connectivity index is 1.71. The van der Waals surface area contributed by atoms with Crippen molar-refractivity contribution in [2.24, 2.45) is 0 Å². The second-order valence-electron chi connectivity index (χ2n) is 5.97. The number of rotatable bonds is 10. The van der Waals surface area contributed by atoms with Gasteiger partial charge in [0.15, 0.2) is 16.6 Å². The zero-order valence-corrected chi connectivity index (χ0v) is 16.9. The maximum absolute atomic E-state index is 12.1. The van der Waals surface area contributed by atoms with Crippen LogP contribution in [0.3, 0.4) is 0 Å². The molecule has 0 spiro atoms. The molecule has 11 nitrogen and oxygen atoms in total. The summed E-state index contributed by atoms with van der Waals surface area (Å²) in [4.78, 5) is 31.2. The molecular weight excluding hydrogens is 398 g/mol. The lowest BCUT2D eigenvalue weighted by molar-refractivity contribution is -0.402. The van der Waals surface area contributed by atoms with Crippen LogP contribution in [-0.4, -0.2) is 49.4 Å². The Morgan fingerprint density at radius 2 is 2.14 bits per heavy atom. The van der Waals surface area contributed by atoms with Crippen LogP contribution in [0, 0.1) is 10.1 Å². The minimum absolute atomic E-state index is 0.114. The topological polar surface area (TPSA) is 141 Å². The summed E-state index contributed by atoms with van der Waals surface area (Å²) in [5.41, 5.74) is 0.678. The fourth-order valence-electron chi connectivity index (χ4n) is 2.58. The van der Waals surface area contributed by atoms with Crippen LogP contribution in [0.1, 0.15) is 30.8 Å². The lowest BCUT2D eigenvalue weighted by atomic mass is 10.3. The van der Waals surface area contributed by atoms with E-state index in [4.69, 9.17) is 4.42 Å². The predicted octanol–water partition coefficient (Wildman–Crippen LogP) is 2.69. The number of aromatic nitrogens is 4. The van der Waals surface area contributed by atoms with Gasteiger partial charge in [-0.05, 0) is 18.2 Å². The number of nitrogens with zero attached hydrogens (tertiary/aromatic N) is 5. The third-order valence-corrected chi connectivity index (χ3v) is 4.63. The van der Waals surface area contributed by atoms with Crippen LogP contribution >= 0.6 is 11.8 Å². The molecule has 3 aromatic heterocycles. The number of thioether (sulfide) groups is 1.